The molecule has 3 aromatic carbocycles. The summed E-state index contributed by atoms with van der Waals surface area (Å²) in [5.41, 5.74) is 9.95. The normalized spacial score (nSPS) is 11.9. The highest BCUT2D eigenvalue weighted by Gasteiger charge is 2.19. The Balaban J connectivity index is 1.36. The molecular weight excluding hydrogens is 490 g/mol. The van der Waals surface area contributed by atoms with Gasteiger partial charge in [0, 0.05) is 29.1 Å². The number of imidazole rings is 1. The Morgan fingerprint density at radius 2 is 1.78 bits per heavy atom. The van der Waals surface area contributed by atoms with Crippen molar-refractivity contribution in [2.45, 2.75) is 25.7 Å². The van der Waals surface area contributed by atoms with E-state index in [1.165, 1.54) is 0 Å². The number of rotatable bonds is 8. The minimum absolute atomic E-state index is 0.177. The SMILES string of the molecule is CC(C(N)=O)c1ccc(NC(=O)CCc2oc(-n3cnc4ccccc43)nc2-c2ccc(Cl)cc2)cc1. The Labute approximate surface area is 218 Å². The Morgan fingerprint density at radius 1 is 1.05 bits per heavy atom. The second kappa shape index (κ2) is 10.3. The number of nitrogens with one attached hydrogen (secondary N) is 1. The molecule has 0 saturated heterocycles. The van der Waals surface area contributed by atoms with Crippen molar-refractivity contribution in [2.24, 2.45) is 5.73 Å². The van der Waals surface area contributed by atoms with Crippen molar-refractivity contribution in [3.63, 3.8) is 0 Å². The summed E-state index contributed by atoms with van der Waals surface area (Å²) in [5, 5.41) is 3.50. The molecule has 0 aliphatic carbocycles. The molecule has 3 N–H and O–H groups in total. The number of carbonyl (C=O) groups excluding carboxylic acids is 2. The maximum absolute atomic E-state index is 12.7. The van der Waals surface area contributed by atoms with Crippen LogP contribution in [0.25, 0.3) is 28.3 Å². The number of oxazole rings is 1. The van der Waals surface area contributed by atoms with E-state index in [9.17, 15) is 9.59 Å². The number of aromatic nitrogens is 3. The van der Waals surface area contributed by atoms with Gasteiger partial charge in [-0.05, 0) is 48.9 Å². The molecule has 2 heterocycles. The second-order valence-electron chi connectivity index (χ2n) is 8.67. The summed E-state index contributed by atoms with van der Waals surface area (Å²) in [6, 6.07) is 22.5. The van der Waals surface area contributed by atoms with Crippen molar-refractivity contribution in [1.82, 2.24) is 14.5 Å². The van der Waals surface area contributed by atoms with Crippen molar-refractivity contribution < 1.29 is 14.0 Å². The van der Waals surface area contributed by atoms with E-state index in [0.717, 1.165) is 22.2 Å². The highest BCUT2D eigenvalue weighted by molar-refractivity contribution is 6.30. The van der Waals surface area contributed by atoms with Crippen LogP contribution in [0, 0.1) is 0 Å². The number of aryl methyl sites for hydroxylation is 1. The van der Waals surface area contributed by atoms with E-state index in [4.69, 9.17) is 26.7 Å². The van der Waals surface area contributed by atoms with Gasteiger partial charge in [-0.15, -0.1) is 0 Å². The van der Waals surface area contributed by atoms with Gasteiger partial charge in [-0.1, -0.05) is 48.0 Å². The number of nitrogens with two attached hydrogens (primary N) is 1. The molecule has 1 unspecified atom stereocenters. The predicted molar refractivity (Wildman–Crippen MR) is 143 cm³/mol. The average molecular weight is 514 g/mol. The monoisotopic (exact) mass is 513 g/mol. The minimum atomic E-state index is -0.400. The zero-order valence-electron chi connectivity index (χ0n) is 20.0. The lowest BCUT2D eigenvalue weighted by atomic mass is 10.0. The summed E-state index contributed by atoms with van der Waals surface area (Å²) in [6.07, 6.45) is 2.18. The van der Waals surface area contributed by atoms with Gasteiger partial charge in [-0.2, -0.15) is 4.98 Å². The molecule has 5 aromatic rings. The molecule has 0 aliphatic heterocycles. The van der Waals surface area contributed by atoms with Crippen molar-refractivity contribution in [1.29, 1.82) is 0 Å². The summed E-state index contributed by atoms with van der Waals surface area (Å²) in [4.78, 5) is 33.3. The Bertz CT molecular complexity index is 1570. The number of benzene rings is 3. The van der Waals surface area contributed by atoms with Gasteiger partial charge in [0.15, 0.2) is 0 Å². The van der Waals surface area contributed by atoms with Crippen LogP contribution in [0.3, 0.4) is 0 Å². The van der Waals surface area contributed by atoms with E-state index in [-0.39, 0.29) is 12.3 Å². The molecule has 0 bridgehead atoms. The lowest BCUT2D eigenvalue weighted by Crippen LogP contribution is -2.18. The first-order chi connectivity index (χ1) is 17.9. The van der Waals surface area contributed by atoms with Crippen LogP contribution in [0.4, 0.5) is 5.69 Å². The minimum Gasteiger partial charge on any atom is -0.427 e. The van der Waals surface area contributed by atoms with E-state index in [2.05, 4.69) is 10.3 Å². The van der Waals surface area contributed by atoms with E-state index in [1.54, 1.807) is 54.2 Å². The van der Waals surface area contributed by atoms with E-state index in [1.807, 2.05) is 36.4 Å². The molecule has 8 nitrogen and oxygen atoms in total. The lowest BCUT2D eigenvalue weighted by Gasteiger charge is -2.09. The number of nitrogens with zero attached hydrogens (tertiary/aromatic N) is 3. The average Bonchev–Trinajstić information content (AvgIpc) is 3.52. The molecule has 2 aromatic heterocycles. The van der Waals surface area contributed by atoms with Gasteiger partial charge in [0.25, 0.3) is 0 Å². The van der Waals surface area contributed by atoms with Crippen LogP contribution in [0.5, 0.6) is 0 Å². The van der Waals surface area contributed by atoms with Crippen LogP contribution in [0.15, 0.2) is 83.5 Å². The van der Waals surface area contributed by atoms with Crippen molar-refractivity contribution in [2.75, 3.05) is 5.32 Å². The van der Waals surface area contributed by atoms with Crippen molar-refractivity contribution >= 4 is 40.1 Å². The number of carbonyl (C=O) groups is 2. The van der Waals surface area contributed by atoms with Crippen LogP contribution in [-0.2, 0) is 16.0 Å². The number of anilines is 1. The zero-order valence-corrected chi connectivity index (χ0v) is 20.8. The Kier molecular flexibility index (Phi) is 6.74. The maximum Gasteiger partial charge on any atom is 0.308 e. The van der Waals surface area contributed by atoms with Crippen LogP contribution in [0.1, 0.15) is 30.6 Å². The van der Waals surface area contributed by atoms with Gasteiger partial charge in [0.1, 0.15) is 17.8 Å². The number of para-hydroxylation sites is 2. The Morgan fingerprint density at radius 3 is 2.51 bits per heavy atom. The first-order valence-electron chi connectivity index (χ1n) is 11.8. The van der Waals surface area contributed by atoms with E-state index >= 15 is 0 Å². The van der Waals surface area contributed by atoms with Crippen LogP contribution < -0.4 is 11.1 Å². The first kappa shape index (κ1) is 24.3. The Hall–Kier alpha value is -4.43. The molecule has 5 rings (SSSR count). The fraction of sp³-hybridized carbons (Fsp3) is 0.143. The van der Waals surface area contributed by atoms with Gasteiger partial charge < -0.3 is 15.5 Å². The number of primary amides is 1. The topological polar surface area (TPSA) is 116 Å². The van der Waals surface area contributed by atoms with Gasteiger partial charge in [-0.25, -0.2) is 4.98 Å². The standard InChI is InChI=1S/C28H24ClN5O3/c1-17(27(30)36)18-8-12-21(13-9-18)32-25(35)15-14-24-26(19-6-10-20(29)11-7-19)33-28(37-24)34-16-31-22-4-2-3-5-23(22)34/h2-13,16-17H,14-15H2,1H3,(H2,30,36)(H,32,35). The predicted octanol–water partition coefficient (Wildman–Crippen LogP) is 5.49. The fourth-order valence-electron chi connectivity index (χ4n) is 4.03. The number of amides is 2. The summed E-state index contributed by atoms with van der Waals surface area (Å²) in [5.74, 6) is -0.396. The molecule has 0 fully saturated rings. The third kappa shape index (κ3) is 5.24. The lowest BCUT2D eigenvalue weighted by molar-refractivity contribution is -0.119. The molecule has 37 heavy (non-hydrogen) atoms. The third-order valence-electron chi connectivity index (χ3n) is 6.16. The quantitative estimate of drug-likeness (QED) is 0.284. The third-order valence-corrected chi connectivity index (χ3v) is 6.42. The summed E-state index contributed by atoms with van der Waals surface area (Å²) < 4.78 is 7.96. The van der Waals surface area contributed by atoms with Crippen LogP contribution >= 0.6 is 11.6 Å². The smallest absolute Gasteiger partial charge is 0.308 e. The van der Waals surface area contributed by atoms with Gasteiger partial charge in [0.2, 0.25) is 11.8 Å². The largest absolute Gasteiger partial charge is 0.427 e. The molecule has 0 spiro atoms. The maximum atomic E-state index is 12.7. The molecule has 1 atom stereocenters. The van der Waals surface area contributed by atoms with E-state index in [0.29, 0.717) is 34.6 Å². The van der Waals surface area contributed by atoms with Crippen molar-refractivity contribution in [3.8, 4) is 17.3 Å². The molecule has 0 aliphatic rings. The van der Waals surface area contributed by atoms with Gasteiger partial charge >= 0.3 is 6.01 Å². The summed E-state index contributed by atoms with van der Waals surface area (Å²) >= 11 is 6.08. The summed E-state index contributed by atoms with van der Waals surface area (Å²) in [7, 11) is 0. The highest BCUT2D eigenvalue weighted by Crippen LogP contribution is 2.29. The molecule has 186 valence electrons. The number of hydrogen-bond acceptors (Lipinski definition) is 5. The first-order valence-corrected chi connectivity index (χ1v) is 12.1. The molecule has 0 saturated carbocycles. The fourth-order valence-corrected chi connectivity index (χ4v) is 4.15. The molecule has 2 amide bonds. The van der Waals surface area contributed by atoms with E-state index < -0.39 is 11.8 Å². The molecule has 0 radical (unpaired) electrons. The summed E-state index contributed by atoms with van der Waals surface area (Å²) in [6.45, 7) is 1.74. The highest BCUT2D eigenvalue weighted by atomic mass is 35.5. The van der Waals surface area contributed by atoms with Crippen LogP contribution in [0.2, 0.25) is 5.02 Å². The number of halogens is 1. The number of fused-ring (bicyclic) bond motifs is 1. The van der Waals surface area contributed by atoms with Crippen LogP contribution in [-0.4, -0.2) is 26.3 Å². The van der Waals surface area contributed by atoms with Gasteiger partial charge in [0.05, 0.1) is 17.0 Å². The molecular formula is C28H24ClN5O3. The van der Waals surface area contributed by atoms with Crippen molar-refractivity contribution in [3.05, 3.63) is 95.5 Å². The number of hydrogen-bond donors (Lipinski definition) is 2. The zero-order chi connectivity index (χ0) is 25.9. The van der Waals surface area contributed by atoms with Gasteiger partial charge in [-0.3, -0.25) is 14.2 Å². The molecule has 9 heteroatoms. The second-order valence-corrected chi connectivity index (χ2v) is 9.11.